The molecule has 0 aromatic rings. The first-order valence-electron chi connectivity index (χ1n) is 5.96. The van der Waals surface area contributed by atoms with E-state index in [1.165, 1.54) is 12.8 Å². The van der Waals surface area contributed by atoms with Gasteiger partial charge >= 0.3 is 6.03 Å². The van der Waals surface area contributed by atoms with Crippen LogP contribution in [0.4, 0.5) is 4.79 Å². The number of rotatable bonds is 6. The molecule has 0 radical (unpaired) electrons. The second-order valence-electron chi connectivity index (χ2n) is 4.40. The number of hydrogen-bond acceptors (Lipinski definition) is 3. The number of hydrogen-bond donors (Lipinski definition) is 3. The summed E-state index contributed by atoms with van der Waals surface area (Å²) in [4.78, 5) is 11.4. The summed E-state index contributed by atoms with van der Waals surface area (Å²) < 4.78 is 23.9. The minimum absolute atomic E-state index is 0.156. The van der Waals surface area contributed by atoms with Crippen molar-refractivity contribution in [2.75, 3.05) is 19.3 Å². The second kappa shape index (κ2) is 6.80. The van der Waals surface area contributed by atoms with Crippen molar-refractivity contribution in [2.24, 2.45) is 0 Å². The van der Waals surface area contributed by atoms with Crippen LogP contribution in [0.5, 0.6) is 0 Å². The molecule has 0 aromatic carbocycles. The van der Waals surface area contributed by atoms with Gasteiger partial charge in [-0.1, -0.05) is 12.8 Å². The molecule has 0 aromatic heterocycles. The van der Waals surface area contributed by atoms with Gasteiger partial charge in [0.25, 0.3) is 0 Å². The highest BCUT2D eigenvalue weighted by molar-refractivity contribution is 7.88. The molecule has 1 saturated carbocycles. The van der Waals surface area contributed by atoms with Crippen LogP contribution in [0.15, 0.2) is 0 Å². The van der Waals surface area contributed by atoms with Gasteiger partial charge in [-0.25, -0.2) is 17.9 Å². The van der Waals surface area contributed by atoms with Gasteiger partial charge in [0.1, 0.15) is 0 Å². The van der Waals surface area contributed by atoms with E-state index in [2.05, 4.69) is 15.4 Å². The number of amides is 2. The zero-order chi connectivity index (χ0) is 12.7. The number of urea groups is 1. The Bertz CT molecular complexity index is 337. The molecule has 1 fully saturated rings. The second-order valence-corrected chi connectivity index (χ2v) is 6.23. The average Bonchev–Trinajstić information content (AvgIpc) is 2.68. The summed E-state index contributed by atoms with van der Waals surface area (Å²) in [6.45, 7) is 0.823. The molecule has 100 valence electrons. The summed E-state index contributed by atoms with van der Waals surface area (Å²) in [5.41, 5.74) is 0. The van der Waals surface area contributed by atoms with Gasteiger partial charge in [0.15, 0.2) is 0 Å². The molecular formula is C10H21N3O3S. The first-order valence-corrected chi connectivity index (χ1v) is 7.85. The minimum Gasteiger partial charge on any atom is -0.338 e. The Morgan fingerprint density at radius 2 is 1.88 bits per heavy atom. The topological polar surface area (TPSA) is 87.3 Å². The molecular weight excluding hydrogens is 242 g/mol. The van der Waals surface area contributed by atoms with Gasteiger partial charge in [0.2, 0.25) is 10.0 Å². The third kappa shape index (κ3) is 7.17. The van der Waals surface area contributed by atoms with Crippen molar-refractivity contribution in [2.45, 2.75) is 38.1 Å². The summed E-state index contributed by atoms with van der Waals surface area (Å²) in [5.74, 6) is 0. The molecule has 0 bridgehead atoms. The molecule has 3 N–H and O–H groups in total. The Morgan fingerprint density at radius 1 is 1.24 bits per heavy atom. The molecule has 17 heavy (non-hydrogen) atoms. The van der Waals surface area contributed by atoms with Crippen molar-refractivity contribution in [3.8, 4) is 0 Å². The molecule has 0 atom stereocenters. The first-order chi connectivity index (χ1) is 7.97. The Kier molecular flexibility index (Phi) is 5.70. The van der Waals surface area contributed by atoms with Gasteiger partial charge in [-0.15, -0.1) is 0 Å². The van der Waals surface area contributed by atoms with Crippen LogP contribution in [0, 0.1) is 0 Å². The molecule has 0 saturated heterocycles. The molecule has 0 unspecified atom stereocenters. The molecule has 7 heteroatoms. The van der Waals surface area contributed by atoms with E-state index in [0.29, 0.717) is 25.6 Å². The van der Waals surface area contributed by atoms with Gasteiger partial charge in [0, 0.05) is 19.1 Å². The van der Waals surface area contributed by atoms with Gasteiger partial charge < -0.3 is 10.6 Å². The van der Waals surface area contributed by atoms with Crippen molar-refractivity contribution < 1.29 is 13.2 Å². The SMILES string of the molecule is CS(=O)(=O)NCCCNC(=O)NC1CCCC1. The highest BCUT2D eigenvalue weighted by atomic mass is 32.2. The van der Waals surface area contributed by atoms with Crippen LogP contribution < -0.4 is 15.4 Å². The molecule has 1 aliphatic carbocycles. The highest BCUT2D eigenvalue weighted by Gasteiger charge is 2.16. The molecule has 2 amide bonds. The van der Waals surface area contributed by atoms with E-state index in [1.54, 1.807) is 0 Å². The van der Waals surface area contributed by atoms with E-state index in [1.807, 2.05) is 0 Å². The number of carbonyl (C=O) groups excluding carboxylic acids is 1. The lowest BCUT2D eigenvalue weighted by Gasteiger charge is -2.12. The minimum atomic E-state index is -3.12. The zero-order valence-corrected chi connectivity index (χ0v) is 11.0. The normalized spacial score (nSPS) is 17.0. The fraction of sp³-hybridized carbons (Fsp3) is 0.900. The third-order valence-corrected chi connectivity index (χ3v) is 3.42. The standard InChI is InChI=1S/C10H21N3O3S/c1-17(15,16)12-8-4-7-11-10(14)13-9-5-2-3-6-9/h9,12H,2-8H2,1H3,(H2,11,13,14). The highest BCUT2D eigenvalue weighted by Crippen LogP contribution is 2.17. The maximum Gasteiger partial charge on any atom is 0.315 e. The van der Waals surface area contributed by atoms with E-state index < -0.39 is 10.0 Å². The summed E-state index contributed by atoms with van der Waals surface area (Å²) in [7, 11) is -3.12. The fourth-order valence-electron chi connectivity index (χ4n) is 1.85. The summed E-state index contributed by atoms with van der Waals surface area (Å²) in [5, 5.41) is 5.61. The van der Waals surface area contributed by atoms with Crippen LogP contribution >= 0.6 is 0 Å². The predicted molar refractivity (Wildman–Crippen MR) is 66.3 cm³/mol. The third-order valence-electron chi connectivity index (χ3n) is 2.69. The van der Waals surface area contributed by atoms with Crippen LogP contribution in [0.3, 0.4) is 0 Å². The lowest BCUT2D eigenvalue weighted by atomic mass is 10.2. The van der Waals surface area contributed by atoms with Crippen molar-refractivity contribution in [3.05, 3.63) is 0 Å². The molecule has 0 heterocycles. The quantitative estimate of drug-likeness (QED) is 0.597. The molecule has 0 aliphatic heterocycles. The van der Waals surface area contributed by atoms with Crippen molar-refractivity contribution >= 4 is 16.1 Å². The summed E-state index contributed by atoms with van der Waals surface area (Å²) in [6.07, 6.45) is 6.19. The first kappa shape index (κ1) is 14.2. The van der Waals surface area contributed by atoms with E-state index >= 15 is 0 Å². The van der Waals surface area contributed by atoms with E-state index in [4.69, 9.17) is 0 Å². The smallest absolute Gasteiger partial charge is 0.315 e. The monoisotopic (exact) mass is 263 g/mol. The lowest BCUT2D eigenvalue weighted by molar-refractivity contribution is 0.237. The van der Waals surface area contributed by atoms with E-state index in [0.717, 1.165) is 19.1 Å². The summed E-state index contributed by atoms with van der Waals surface area (Å²) >= 11 is 0. The van der Waals surface area contributed by atoms with Crippen LogP contribution in [0.2, 0.25) is 0 Å². The van der Waals surface area contributed by atoms with Gasteiger partial charge in [-0.3, -0.25) is 0 Å². The summed E-state index contributed by atoms with van der Waals surface area (Å²) in [6, 6.07) is 0.153. The molecule has 1 rings (SSSR count). The fourth-order valence-corrected chi connectivity index (χ4v) is 2.37. The Hall–Kier alpha value is -0.820. The van der Waals surface area contributed by atoms with Gasteiger partial charge in [-0.05, 0) is 19.3 Å². The Labute approximate surface area is 103 Å². The molecule has 1 aliphatic rings. The lowest BCUT2D eigenvalue weighted by Crippen LogP contribution is -2.41. The van der Waals surface area contributed by atoms with E-state index in [9.17, 15) is 13.2 Å². The van der Waals surface area contributed by atoms with Crippen LogP contribution in [-0.4, -0.2) is 39.8 Å². The van der Waals surface area contributed by atoms with Crippen LogP contribution in [-0.2, 0) is 10.0 Å². The molecule has 6 nitrogen and oxygen atoms in total. The van der Waals surface area contributed by atoms with Crippen molar-refractivity contribution in [1.82, 2.24) is 15.4 Å². The van der Waals surface area contributed by atoms with Crippen molar-refractivity contribution in [3.63, 3.8) is 0 Å². The van der Waals surface area contributed by atoms with Crippen LogP contribution in [0.1, 0.15) is 32.1 Å². The number of sulfonamides is 1. The van der Waals surface area contributed by atoms with Gasteiger partial charge in [-0.2, -0.15) is 0 Å². The largest absolute Gasteiger partial charge is 0.338 e. The molecule has 0 spiro atoms. The predicted octanol–water partition coefficient (Wildman–Crippen LogP) is 0.167. The number of carbonyl (C=O) groups is 1. The Balaban J connectivity index is 2.00. The zero-order valence-electron chi connectivity index (χ0n) is 10.2. The maximum atomic E-state index is 11.4. The Morgan fingerprint density at radius 3 is 2.47 bits per heavy atom. The van der Waals surface area contributed by atoms with Crippen molar-refractivity contribution in [1.29, 1.82) is 0 Å². The average molecular weight is 263 g/mol. The van der Waals surface area contributed by atoms with Crippen LogP contribution in [0.25, 0.3) is 0 Å². The number of nitrogens with one attached hydrogen (secondary N) is 3. The van der Waals surface area contributed by atoms with Gasteiger partial charge in [0.05, 0.1) is 6.26 Å². The maximum absolute atomic E-state index is 11.4. The van der Waals surface area contributed by atoms with E-state index in [-0.39, 0.29) is 6.03 Å².